The van der Waals surface area contributed by atoms with Gasteiger partial charge in [0.2, 0.25) is 0 Å². The Hall–Kier alpha value is -2.81. The van der Waals surface area contributed by atoms with E-state index in [-0.39, 0.29) is 11.1 Å². The van der Waals surface area contributed by atoms with E-state index in [9.17, 15) is 13.2 Å². The van der Waals surface area contributed by atoms with Crippen LogP contribution in [0, 0.1) is 28.8 Å². The molecule has 0 bridgehead atoms. The molecule has 0 aliphatic rings. The Morgan fingerprint density at radius 1 is 1.04 bits per heavy atom. The van der Waals surface area contributed by atoms with Crippen LogP contribution in [0.3, 0.4) is 0 Å². The van der Waals surface area contributed by atoms with Crippen molar-refractivity contribution in [3.05, 3.63) is 53.8 Å². The van der Waals surface area contributed by atoms with Crippen molar-refractivity contribution in [3.63, 3.8) is 0 Å². The molecule has 0 spiro atoms. The highest BCUT2D eigenvalue weighted by atomic mass is 19.2. The fourth-order valence-electron chi connectivity index (χ4n) is 2.51. The second-order valence-electron chi connectivity index (χ2n) is 5.08. The predicted octanol–water partition coefficient (Wildman–Crippen LogP) is 4.42. The molecule has 0 saturated heterocycles. The van der Waals surface area contributed by atoms with E-state index < -0.39 is 17.5 Å². The van der Waals surface area contributed by atoms with Gasteiger partial charge >= 0.3 is 0 Å². The van der Waals surface area contributed by atoms with E-state index in [0.717, 1.165) is 12.1 Å². The van der Waals surface area contributed by atoms with E-state index in [0.29, 0.717) is 30.7 Å². The van der Waals surface area contributed by atoms with Gasteiger partial charge in [-0.15, -0.1) is 0 Å². The van der Waals surface area contributed by atoms with Crippen LogP contribution in [0.25, 0.3) is 22.4 Å². The highest BCUT2D eigenvalue weighted by Crippen LogP contribution is 2.28. The van der Waals surface area contributed by atoms with Crippen molar-refractivity contribution in [2.75, 3.05) is 0 Å². The Labute approximate surface area is 130 Å². The number of fused-ring (bicyclic) bond motifs is 1. The van der Waals surface area contributed by atoms with Gasteiger partial charge in [0.15, 0.2) is 11.6 Å². The van der Waals surface area contributed by atoms with Crippen LogP contribution in [0.1, 0.15) is 12.8 Å². The lowest BCUT2D eigenvalue weighted by molar-refractivity contribution is 0.510. The first-order valence-corrected chi connectivity index (χ1v) is 7.09. The molecule has 0 atom stereocenters. The number of hydrogen-bond donors (Lipinski definition) is 0. The van der Waals surface area contributed by atoms with Crippen molar-refractivity contribution in [3.8, 4) is 17.5 Å². The topological polar surface area (TPSA) is 41.6 Å². The number of aromatic nitrogens is 2. The van der Waals surface area contributed by atoms with Crippen molar-refractivity contribution < 1.29 is 13.2 Å². The van der Waals surface area contributed by atoms with Crippen molar-refractivity contribution in [2.45, 2.75) is 19.4 Å². The molecule has 0 unspecified atom stereocenters. The van der Waals surface area contributed by atoms with Gasteiger partial charge in [0.1, 0.15) is 11.6 Å². The third kappa shape index (κ3) is 2.78. The van der Waals surface area contributed by atoms with E-state index in [2.05, 4.69) is 4.98 Å². The molecule has 6 heteroatoms. The summed E-state index contributed by atoms with van der Waals surface area (Å²) in [5.41, 5.74) is 0.876. The van der Waals surface area contributed by atoms with Gasteiger partial charge in [0, 0.05) is 25.1 Å². The van der Waals surface area contributed by atoms with Gasteiger partial charge in [-0.2, -0.15) is 5.26 Å². The lowest BCUT2D eigenvalue weighted by atomic mass is 10.2. The van der Waals surface area contributed by atoms with Crippen molar-refractivity contribution in [1.82, 2.24) is 9.55 Å². The number of nitriles is 1. The third-order valence-electron chi connectivity index (χ3n) is 3.58. The number of unbranched alkanes of at least 4 members (excludes halogenated alkanes) is 1. The molecule has 3 rings (SSSR count). The molecule has 0 aliphatic carbocycles. The first kappa shape index (κ1) is 15.1. The second-order valence-corrected chi connectivity index (χ2v) is 5.08. The summed E-state index contributed by atoms with van der Waals surface area (Å²) in [6, 6.07) is 10.2. The van der Waals surface area contributed by atoms with Gasteiger partial charge in [0.05, 0.1) is 22.7 Å². The average molecular weight is 315 g/mol. The molecule has 2 aromatic carbocycles. The normalized spacial score (nSPS) is 10.9. The third-order valence-corrected chi connectivity index (χ3v) is 3.58. The minimum absolute atomic E-state index is 0.249. The molecule has 116 valence electrons. The largest absolute Gasteiger partial charge is 0.324 e. The zero-order valence-corrected chi connectivity index (χ0v) is 12.1. The van der Waals surface area contributed by atoms with E-state index >= 15 is 0 Å². The number of halogens is 3. The summed E-state index contributed by atoms with van der Waals surface area (Å²) in [6.45, 7) is 0.360. The predicted molar refractivity (Wildman–Crippen MR) is 79.9 cm³/mol. The molecular formula is C17H12F3N3. The summed E-state index contributed by atoms with van der Waals surface area (Å²) < 4.78 is 42.7. The van der Waals surface area contributed by atoms with Gasteiger partial charge in [-0.3, -0.25) is 0 Å². The lowest BCUT2D eigenvalue weighted by Crippen LogP contribution is -2.02. The molecule has 0 saturated carbocycles. The molecule has 3 aromatic rings. The summed E-state index contributed by atoms with van der Waals surface area (Å²) in [5.74, 6) is -2.16. The first-order chi connectivity index (χ1) is 11.1. The Kier molecular flexibility index (Phi) is 4.02. The van der Waals surface area contributed by atoms with Crippen LogP contribution in [-0.2, 0) is 6.54 Å². The average Bonchev–Trinajstić information content (AvgIpc) is 2.86. The van der Waals surface area contributed by atoms with Crippen molar-refractivity contribution in [2.24, 2.45) is 0 Å². The molecule has 0 aliphatic heterocycles. The summed E-state index contributed by atoms with van der Waals surface area (Å²) in [4.78, 5) is 4.26. The number of hydrogen-bond acceptors (Lipinski definition) is 2. The fraction of sp³-hybridized carbons (Fsp3) is 0.176. The van der Waals surface area contributed by atoms with Crippen LogP contribution in [0.5, 0.6) is 0 Å². The smallest absolute Gasteiger partial charge is 0.161 e. The maximum Gasteiger partial charge on any atom is 0.161 e. The molecule has 0 fully saturated rings. The Bertz CT molecular complexity index is 909. The van der Waals surface area contributed by atoms with Crippen LogP contribution < -0.4 is 0 Å². The zero-order valence-electron chi connectivity index (χ0n) is 12.1. The monoisotopic (exact) mass is 315 g/mol. The summed E-state index contributed by atoms with van der Waals surface area (Å²) in [7, 11) is 0. The highest BCUT2D eigenvalue weighted by Gasteiger charge is 2.17. The maximum atomic E-state index is 14.1. The molecule has 23 heavy (non-hydrogen) atoms. The van der Waals surface area contributed by atoms with E-state index in [1.165, 1.54) is 6.07 Å². The van der Waals surface area contributed by atoms with E-state index in [1.807, 2.05) is 6.07 Å². The number of aryl methyl sites for hydroxylation is 1. The first-order valence-electron chi connectivity index (χ1n) is 7.09. The Morgan fingerprint density at radius 3 is 2.52 bits per heavy atom. The fourth-order valence-corrected chi connectivity index (χ4v) is 2.51. The lowest BCUT2D eigenvalue weighted by Gasteiger charge is -2.09. The van der Waals surface area contributed by atoms with Crippen molar-refractivity contribution in [1.29, 1.82) is 5.26 Å². The second kappa shape index (κ2) is 6.13. The quantitative estimate of drug-likeness (QED) is 0.669. The van der Waals surface area contributed by atoms with Gasteiger partial charge in [-0.1, -0.05) is 12.1 Å². The summed E-state index contributed by atoms with van der Waals surface area (Å²) >= 11 is 0. The highest BCUT2D eigenvalue weighted by molar-refractivity contribution is 5.81. The van der Waals surface area contributed by atoms with Crippen LogP contribution in [0.15, 0.2) is 36.4 Å². The van der Waals surface area contributed by atoms with Crippen LogP contribution in [0.2, 0.25) is 0 Å². The summed E-state index contributed by atoms with van der Waals surface area (Å²) in [6.07, 6.45) is 0.808. The minimum atomic E-state index is -1.00. The standard InChI is InChI=1S/C17H12F3N3/c18-12-6-2-1-5-11(12)17-22-15-9-13(19)14(20)10-16(15)23(17)8-4-3-7-21/h1-2,5-6,9-10H,3-4,8H2. The van der Waals surface area contributed by atoms with Crippen LogP contribution >= 0.6 is 0 Å². The Balaban J connectivity index is 2.21. The number of imidazole rings is 1. The molecule has 0 radical (unpaired) electrons. The minimum Gasteiger partial charge on any atom is -0.324 e. The molecule has 0 amide bonds. The number of benzene rings is 2. The zero-order chi connectivity index (χ0) is 16.4. The van der Waals surface area contributed by atoms with E-state index in [4.69, 9.17) is 5.26 Å². The Morgan fingerprint density at radius 2 is 1.78 bits per heavy atom. The molecule has 1 aromatic heterocycles. The van der Waals surface area contributed by atoms with E-state index in [1.54, 1.807) is 22.8 Å². The SMILES string of the molecule is N#CCCCn1c(-c2ccccc2F)nc2cc(F)c(F)cc21. The van der Waals surface area contributed by atoms with Gasteiger partial charge in [-0.05, 0) is 18.6 Å². The maximum absolute atomic E-state index is 14.1. The number of rotatable bonds is 4. The summed E-state index contributed by atoms with van der Waals surface area (Å²) in [5, 5.41) is 8.67. The van der Waals surface area contributed by atoms with Gasteiger partial charge in [0.25, 0.3) is 0 Å². The van der Waals surface area contributed by atoms with Crippen molar-refractivity contribution >= 4 is 11.0 Å². The van der Waals surface area contributed by atoms with Gasteiger partial charge in [-0.25, -0.2) is 18.2 Å². The van der Waals surface area contributed by atoms with Gasteiger partial charge < -0.3 is 4.57 Å². The molecule has 0 N–H and O–H groups in total. The number of nitrogens with zero attached hydrogens (tertiary/aromatic N) is 3. The van der Waals surface area contributed by atoms with Crippen LogP contribution in [0.4, 0.5) is 13.2 Å². The van der Waals surface area contributed by atoms with Crippen LogP contribution in [-0.4, -0.2) is 9.55 Å². The molecule has 1 heterocycles. The molecule has 3 nitrogen and oxygen atoms in total. The molecular weight excluding hydrogens is 303 g/mol.